The van der Waals surface area contributed by atoms with Gasteiger partial charge in [-0.25, -0.2) is 0 Å². The van der Waals surface area contributed by atoms with Crippen molar-refractivity contribution in [3.8, 4) is 28.6 Å². The number of hydrogen-bond donors (Lipinski definition) is 0. The molecule has 3 rings (SSSR count). The maximum atomic E-state index is 12.8. The maximum Gasteiger partial charge on any atom is 0.573 e. The summed E-state index contributed by atoms with van der Waals surface area (Å²) in [4.78, 5) is 3.93. The van der Waals surface area contributed by atoms with Crippen molar-refractivity contribution >= 4 is 0 Å². The SMILES string of the molecule is FC(F)(F)Oc1cccc(-c2noc(-c3cccc(C(F)(F)F)c3)n2)c1. The van der Waals surface area contributed by atoms with E-state index in [0.29, 0.717) is 0 Å². The fourth-order valence-electron chi connectivity index (χ4n) is 2.12. The topological polar surface area (TPSA) is 48.2 Å². The Labute approximate surface area is 142 Å². The molecule has 4 nitrogen and oxygen atoms in total. The van der Waals surface area contributed by atoms with Crippen molar-refractivity contribution in [3.63, 3.8) is 0 Å². The van der Waals surface area contributed by atoms with Crippen molar-refractivity contribution in [2.45, 2.75) is 12.5 Å². The Kier molecular flexibility index (Phi) is 4.34. The lowest BCUT2D eigenvalue weighted by Gasteiger charge is -2.08. The second-order valence-electron chi connectivity index (χ2n) is 5.08. The van der Waals surface area contributed by atoms with Crippen LogP contribution in [-0.2, 0) is 6.18 Å². The minimum atomic E-state index is -4.86. The van der Waals surface area contributed by atoms with Crippen molar-refractivity contribution in [3.05, 3.63) is 54.1 Å². The molecule has 1 heterocycles. The maximum absolute atomic E-state index is 12.8. The van der Waals surface area contributed by atoms with Gasteiger partial charge in [-0.15, -0.1) is 13.2 Å². The molecule has 1 aromatic heterocycles. The summed E-state index contributed by atoms with van der Waals surface area (Å²) >= 11 is 0. The number of halogens is 6. The van der Waals surface area contributed by atoms with Gasteiger partial charge in [0.25, 0.3) is 5.89 Å². The number of rotatable bonds is 3. The Morgan fingerprint density at radius 1 is 0.846 bits per heavy atom. The van der Waals surface area contributed by atoms with Crippen LogP contribution in [0, 0.1) is 0 Å². The molecule has 0 atom stereocenters. The van der Waals surface area contributed by atoms with Crippen LogP contribution < -0.4 is 4.74 Å². The molecule has 0 spiro atoms. The largest absolute Gasteiger partial charge is 0.573 e. The zero-order chi connectivity index (χ0) is 18.9. The van der Waals surface area contributed by atoms with E-state index >= 15 is 0 Å². The summed E-state index contributed by atoms with van der Waals surface area (Å²) in [5, 5.41) is 3.59. The Bertz CT molecular complexity index is 917. The van der Waals surface area contributed by atoms with Gasteiger partial charge < -0.3 is 9.26 Å². The molecule has 0 aliphatic carbocycles. The first-order chi connectivity index (χ1) is 12.1. The fourth-order valence-corrected chi connectivity index (χ4v) is 2.12. The summed E-state index contributed by atoms with van der Waals surface area (Å²) in [6, 6.07) is 9.06. The number of ether oxygens (including phenoxy) is 1. The van der Waals surface area contributed by atoms with Crippen molar-refractivity contribution < 1.29 is 35.6 Å². The molecule has 0 amide bonds. The van der Waals surface area contributed by atoms with E-state index in [1.54, 1.807) is 0 Å². The highest BCUT2D eigenvalue weighted by atomic mass is 19.4. The third-order valence-corrected chi connectivity index (χ3v) is 3.19. The van der Waals surface area contributed by atoms with Crippen LogP contribution in [0.2, 0.25) is 0 Å². The van der Waals surface area contributed by atoms with E-state index in [0.717, 1.165) is 24.3 Å². The molecule has 3 aromatic rings. The summed E-state index contributed by atoms with van der Waals surface area (Å²) < 4.78 is 83.8. The monoisotopic (exact) mass is 374 g/mol. The van der Waals surface area contributed by atoms with Crippen LogP contribution in [-0.4, -0.2) is 16.5 Å². The average molecular weight is 374 g/mol. The van der Waals surface area contributed by atoms with Gasteiger partial charge in [0.1, 0.15) is 5.75 Å². The lowest BCUT2D eigenvalue weighted by Crippen LogP contribution is -2.17. The molecule has 2 aromatic carbocycles. The number of nitrogens with zero attached hydrogens (tertiary/aromatic N) is 2. The minimum Gasteiger partial charge on any atom is -0.406 e. The van der Waals surface area contributed by atoms with Crippen LogP contribution in [0.15, 0.2) is 53.1 Å². The van der Waals surface area contributed by atoms with E-state index in [1.807, 2.05) is 0 Å². The van der Waals surface area contributed by atoms with Gasteiger partial charge in [-0.3, -0.25) is 0 Å². The molecule has 0 saturated heterocycles. The van der Waals surface area contributed by atoms with E-state index < -0.39 is 23.9 Å². The lowest BCUT2D eigenvalue weighted by molar-refractivity contribution is -0.274. The molecule has 0 radical (unpaired) electrons. The Balaban J connectivity index is 1.90. The normalized spacial score (nSPS) is 12.2. The summed E-state index contributed by atoms with van der Waals surface area (Å²) in [6.45, 7) is 0. The van der Waals surface area contributed by atoms with Crippen LogP contribution in [0.4, 0.5) is 26.3 Å². The summed E-state index contributed by atoms with van der Waals surface area (Å²) in [6.07, 6.45) is -9.40. The average Bonchev–Trinajstić information content (AvgIpc) is 3.03. The van der Waals surface area contributed by atoms with Crippen LogP contribution in [0.1, 0.15) is 5.56 Å². The number of aromatic nitrogens is 2. The van der Waals surface area contributed by atoms with Gasteiger partial charge in [-0.2, -0.15) is 18.2 Å². The molecule has 0 aliphatic heterocycles. The van der Waals surface area contributed by atoms with Gasteiger partial charge in [0.2, 0.25) is 5.82 Å². The van der Waals surface area contributed by atoms with E-state index in [-0.39, 0.29) is 22.8 Å². The van der Waals surface area contributed by atoms with Crippen LogP contribution in [0.3, 0.4) is 0 Å². The molecular weight excluding hydrogens is 366 g/mol. The van der Waals surface area contributed by atoms with E-state index in [2.05, 4.69) is 14.9 Å². The molecular formula is C16H8F6N2O2. The molecule has 136 valence electrons. The predicted molar refractivity (Wildman–Crippen MR) is 76.9 cm³/mol. The molecule has 0 N–H and O–H groups in total. The Morgan fingerprint density at radius 3 is 2.23 bits per heavy atom. The van der Waals surface area contributed by atoms with Crippen molar-refractivity contribution in [1.29, 1.82) is 0 Å². The summed E-state index contributed by atoms with van der Waals surface area (Å²) in [7, 11) is 0. The second-order valence-corrected chi connectivity index (χ2v) is 5.08. The summed E-state index contributed by atoms with van der Waals surface area (Å²) in [5.74, 6) is -0.779. The molecule has 26 heavy (non-hydrogen) atoms. The van der Waals surface area contributed by atoms with E-state index in [4.69, 9.17) is 4.52 Å². The third kappa shape index (κ3) is 4.13. The standard InChI is InChI=1S/C16H8F6N2O2/c17-15(18,19)11-5-1-4-10(7-11)14-23-13(24-26-14)9-3-2-6-12(8-9)25-16(20,21)22/h1-8H. The fraction of sp³-hybridized carbons (Fsp3) is 0.125. The highest BCUT2D eigenvalue weighted by Crippen LogP contribution is 2.32. The highest BCUT2D eigenvalue weighted by molar-refractivity contribution is 5.61. The third-order valence-electron chi connectivity index (χ3n) is 3.19. The molecule has 0 bridgehead atoms. The van der Waals surface area contributed by atoms with Gasteiger partial charge in [-0.05, 0) is 30.3 Å². The van der Waals surface area contributed by atoms with E-state index in [1.165, 1.54) is 24.3 Å². The number of alkyl halides is 6. The van der Waals surface area contributed by atoms with Gasteiger partial charge in [-0.1, -0.05) is 23.4 Å². The zero-order valence-electron chi connectivity index (χ0n) is 12.6. The first kappa shape index (κ1) is 17.8. The van der Waals surface area contributed by atoms with Crippen molar-refractivity contribution in [2.24, 2.45) is 0 Å². The predicted octanol–water partition coefficient (Wildman–Crippen LogP) is 5.32. The van der Waals surface area contributed by atoms with E-state index in [9.17, 15) is 26.3 Å². The molecule has 0 saturated carbocycles. The highest BCUT2D eigenvalue weighted by Gasteiger charge is 2.32. The molecule has 0 fully saturated rings. The van der Waals surface area contributed by atoms with Crippen LogP contribution in [0.25, 0.3) is 22.8 Å². The van der Waals surface area contributed by atoms with Crippen molar-refractivity contribution in [1.82, 2.24) is 10.1 Å². The molecule has 10 heteroatoms. The van der Waals surface area contributed by atoms with Gasteiger partial charge in [0.05, 0.1) is 5.56 Å². The van der Waals surface area contributed by atoms with Crippen LogP contribution in [0.5, 0.6) is 5.75 Å². The summed E-state index contributed by atoms with van der Waals surface area (Å²) in [5.41, 5.74) is -0.717. The number of hydrogen-bond acceptors (Lipinski definition) is 4. The quantitative estimate of drug-likeness (QED) is 0.582. The van der Waals surface area contributed by atoms with Crippen molar-refractivity contribution in [2.75, 3.05) is 0 Å². The first-order valence-corrected chi connectivity index (χ1v) is 6.99. The molecule has 0 aliphatic rings. The smallest absolute Gasteiger partial charge is 0.406 e. The minimum absolute atomic E-state index is 0.0290. The van der Waals surface area contributed by atoms with Gasteiger partial charge >= 0.3 is 12.5 Å². The Hall–Kier alpha value is -3.04. The zero-order valence-corrected chi connectivity index (χ0v) is 12.6. The van der Waals surface area contributed by atoms with Gasteiger partial charge in [0, 0.05) is 11.1 Å². The molecule has 0 unspecified atom stereocenters. The second kappa shape index (κ2) is 6.36. The first-order valence-electron chi connectivity index (χ1n) is 6.99. The lowest BCUT2D eigenvalue weighted by atomic mass is 10.1. The number of benzene rings is 2. The van der Waals surface area contributed by atoms with Gasteiger partial charge in [0.15, 0.2) is 0 Å². The Morgan fingerprint density at radius 2 is 1.54 bits per heavy atom. The van der Waals surface area contributed by atoms with Crippen LogP contribution >= 0.6 is 0 Å².